The Bertz CT molecular complexity index is 2050. The van der Waals surface area contributed by atoms with E-state index in [0.29, 0.717) is 35.5 Å². The van der Waals surface area contributed by atoms with Crippen molar-refractivity contribution in [2.75, 3.05) is 0 Å². The largest absolute Gasteiger partial charge is 0.509 e. The molecular formula is C62H92O6. The molecule has 0 heterocycles. The molecule has 0 aliphatic heterocycles. The highest BCUT2D eigenvalue weighted by Crippen LogP contribution is 2.44. The zero-order valence-electron chi connectivity index (χ0n) is 45.3. The first-order valence-corrected chi connectivity index (χ1v) is 26.1. The topological polar surface area (TPSA) is 71.1 Å². The summed E-state index contributed by atoms with van der Waals surface area (Å²) in [6, 6.07) is 0. The van der Waals surface area contributed by atoms with E-state index in [-0.39, 0.29) is 41.2 Å². The standard InChI is InChI=1S/C62H92O6/c1-41(2)51-31-29-47(9)57(37-51)67-59(63)65-53-35-49(11)55(61(13,14)39-53)33-27-45(7)25-19-23-43(5)21-17-18-22-44(6)24-20-26-46(8)28-34-56-50(12)36-54(40-62(56,15)16)66-60(64)68-58-38-52(42(3)4)32-30-48(58)10/h17-28,33-35,41-42,47-48,51-55,57-58H,29-32,36-40H2,1-16H3/b18-17+,23-19+,24-20+,33-27+,34-28+,43-21+,44-22+,45-25+,46-26+/t47-,48-,51-,52-,53-,54+,55-,57-,58-/m0/s1. The molecule has 2 saturated carbocycles. The molecule has 9 atom stereocenters. The highest BCUT2D eigenvalue weighted by atomic mass is 16.7. The van der Waals surface area contributed by atoms with Gasteiger partial charge in [0.25, 0.3) is 0 Å². The second-order valence-corrected chi connectivity index (χ2v) is 23.3. The number of hydrogen-bond donors (Lipinski definition) is 0. The smallest absolute Gasteiger partial charge is 0.431 e. The molecule has 0 aromatic carbocycles. The first kappa shape index (κ1) is 56.3. The van der Waals surface area contributed by atoms with E-state index in [0.717, 1.165) is 56.1 Å². The van der Waals surface area contributed by atoms with Gasteiger partial charge >= 0.3 is 12.3 Å². The first-order chi connectivity index (χ1) is 31.9. The molecule has 6 nitrogen and oxygen atoms in total. The molecule has 376 valence electrons. The van der Waals surface area contributed by atoms with Crippen LogP contribution < -0.4 is 0 Å². The maximum Gasteiger partial charge on any atom is 0.509 e. The van der Waals surface area contributed by atoms with Crippen molar-refractivity contribution in [1.29, 1.82) is 0 Å². The fourth-order valence-electron chi connectivity index (χ4n) is 11.0. The molecule has 0 radical (unpaired) electrons. The fourth-order valence-corrected chi connectivity index (χ4v) is 11.0. The Balaban J connectivity index is 1.22. The molecule has 68 heavy (non-hydrogen) atoms. The van der Waals surface area contributed by atoms with Crippen LogP contribution in [0.25, 0.3) is 0 Å². The van der Waals surface area contributed by atoms with Crippen molar-refractivity contribution >= 4 is 12.3 Å². The summed E-state index contributed by atoms with van der Waals surface area (Å²) in [7, 11) is 0. The number of carbonyl (C=O) groups is 2. The van der Waals surface area contributed by atoms with Crippen LogP contribution in [0.4, 0.5) is 9.59 Å². The van der Waals surface area contributed by atoms with Gasteiger partial charge in [-0.15, -0.1) is 0 Å². The molecule has 4 aliphatic carbocycles. The lowest BCUT2D eigenvalue weighted by molar-refractivity contribution is -0.0446. The van der Waals surface area contributed by atoms with Crippen molar-refractivity contribution in [3.05, 3.63) is 130 Å². The van der Waals surface area contributed by atoms with E-state index >= 15 is 0 Å². The fraction of sp³-hybridized carbons (Fsp3) is 0.613. The summed E-state index contributed by atoms with van der Waals surface area (Å²) in [4.78, 5) is 25.9. The molecule has 0 aromatic heterocycles. The van der Waals surface area contributed by atoms with Crippen molar-refractivity contribution in [3.8, 4) is 0 Å². The Labute approximate surface area is 414 Å². The number of rotatable bonds is 16. The summed E-state index contributed by atoms with van der Waals surface area (Å²) in [6.07, 6.45) is 39.3. The van der Waals surface area contributed by atoms with Crippen LogP contribution in [0.1, 0.15) is 169 Å². The molecule has 0 unspecified atom stereocenters. The maximum atomic E-state index is 12.9. The quantitative estimate of drug-likeness (QED) is 0.0872. The molecule has 0 bridgehead atoms. The van der Waals surface area contributed by atoms with Crippen LogP contribution in [-0.4, -0.2) is 36.7 Å². The second-order valence-electron chi connectivity index (χ2n) is 23.3. The van der Waals surface area contributed by atoms with Crippen LogP contribution in [0.3, 0.4) is 0 Å². The minimum absolute atomic E-state index is 0.0564. The van der Waals surface area contributed by atoms with Gasteiger partial charge in [0.2, 0.25) is 0 Å². The van der Waals surface area contributed by atoms with E-state index < -0.39 is 12.3 Å². The van der Waals surface area contributed by atoms with Crippen LogP contribution in [0.5, 0.6) is 0 Å². The minimum atomic E-state index is -0.528. The molecule has 2 fully saturated rings. The first-order valence-electron chi connectivity index (χ1n) is 26.1. The van der Waals surface area contributed by atoms with E-state index in [9.17, 15) is 9.59 Å². The molecule has 0 N–H and O–H groups in total. The Morgan fingerprint density at radius 3 is 1.57 bits per heavy atom. The Morgan fingerprint density at radius 2 is 1.09 bits per heavy atom. The third-order valence-corrected chi connectivity index (χ3v) is 15.5. The van der Waals surface area contributed by atoms with Gasteiger partial charge in [-0.1, -0.05) is 188 Å². The summed E-state index contributed by atoms with van der Waals surface area (Å²) >= 11 is 0. The summed E-state index contributed by atoms with van der Waals surface area (Å²) in [5, 5.41) is 0. The van der Waals surface area contributed by atoms with E-state index in [1.54, 1.807) is 0 Å². The predicted molar refractivity (Wildman–Crippen MR) is 285 cm³/mol. The van der Waals surface area contributed by atoms with Crippen LogP contribution in [0.2, 0.25) is 0 Å². The third kappa shape index (κ3) is 17.9. The Morgan fingerprint density at radius 1 is 0.618 bits per heavy atom. The molecule has 0 spiro atoms. The van der Waals surface area contributed by atoms with E-state index in [2.05, 4.69) is 202 Å². The molecular weight excluding hydrogens is 841 g/mol. The summed E-state index contributed by atoms with van der Waals surface area (Å²) in [6.45, 7) is 35.2. The highest BCUT2D eigenvalue weighted by molar-refractivity contribution is 5.61. The SMILES string of the molecule is CC1=C[C@H](OC(=O)O[C@H]2C[C@@H](C(C)C)CC[C@@H]2C)CC(C)(C)[C@H]1/C=C/C(C)=C/C=C/C(C)=C/C=C/C=C(C)/C=C/C=C(C)/C=C/C1=C(C)C[C@@H](OC(=O)O[C@H]2C[C@@H](C(C)C)CC[C@@H]2C)CC1(C)C. The average Bonchev–Trinajstić information content (AvgIpc) is 3.22. The molecule has 0 amide bonds. The van der Waals surface area contributed by atoms with E-state index in [1.807, 2.05) is 0 Å². The van der Waals surface area contributed by atoms with E-state index in [4.69, 9.17) is 18.9 Å². The van der Waals surface area contributed by atoms with Crippen LogP contribution >= 0.6 is 0 Å². The van der Waals surface area contributed by atoms with Gasteiger partial charge in [-0.3, -0.25) is 0 Å². The van der Waals surface area contributed by atoms with Crippen LogP contribution in [0.15, 0.2) is 130 Å². The van der Waals surface area contributed by atoms with Crippen molar-refractivity contribution in [2.24, 2.45) is 52.3 Å². The Hall–Kier alpha value is -4.32. The van der Waals surface area contributed by atoms with Crippen molar-refractivity contribution in [2.45, 2.75) is 193 Å². The molecule has 0 aromatic rings. The molecule has 4 rings (SSSR count). The minimum Gasteiger partial charge on any atom is -0.431 e. The highest BCUT2D eigenvalue weighted by Gasteiger charge is 2.39. The Kier molecular flexibility index (Phi) is 21.6. The van der Waals surface area contributed by atoms with E-state index in [1.165, 1.54) is 40.7 Å². The van der Waals surface area contributed by atoms with Crippen LogP contribution in [-0.2, 0) is 18.9 Å². The molecule has 4 aliphatic rings. The number of ether oxygens (including phenoxy) is 4. The van der Waals surface area contributed by atoms with Gasteiger partial charge in [0, 0.05) is 12.3 Å². The molecule has 0 saturated heterocycles. The lowest BCUT2D eigenvalue weighted by Crippen LogP contribution is -2.37. The number of hydrogen-bond acceptors (Lipinski definition) is 6. The van der Waals surface area contributed by atoms with Gasteiger partial charge < -0.3 is 18.9 Å². The van der Waals surface area contributed by atoms with Crippen molar-refractivity contribution in [1.82, 2.24) is 0 Å². The normalized spacial score (nSPS) is 30.1. The van der Waals surface area contributed by atoms with Crippen LogP contribution in [0, 0.1) is 52.3 Å². The third-order valence-electron chi connectivity index (χ3n) is 15.5. The lowest BCUT2D eigenvalue weighted by Gasteiger charge is -2.40. The lowest BCUT2D eigenvalue weighted by atomic mass is 9.67. The van der Waals surface area contributed by atoms with Gasteiger partial charge in [-0.2, -0.15) is 0 Å². The summed E-state index contributed by atoms with van der Waals surface area (Å²) in [5.74, 6) is 3.38. The van der Waals surface area contributed by atoms with Crippen molar-refractivity contribution < 1.29 is 28.5 Å². The summed E-state index contributed by atoms with van der Waals surface area (Å²) < 4.78 is 23.7. The molecule has 6 heteroatoms. The second kappa shape index (κ2) is 26.0. The van der Waals surface area contributed by atoms with Gasteiger partial charge in [0.1, 0.15) is 24.4 Å². The summed E-state index contributed by atoms with van der Waals surface area (Å²) in [5.41, 5.74) is 8.26. The predicted octanol–water partition coefficient (Wildman–Crippen LogP) is 17.6. The maximum absolute atomic E-state index is 12.9. The van der Waals surface area contributed by atoms with Gasteiger partial charge in [-0.25, -0.2) is 9.59 Å². The monoisotopic (exact) mass is 933 g/mol. The number of allylic oxidation sites excluding steroid dienone is 20. The average molecular weight is 933 g/mol. The van der Waals surface area contributed by atoms with Gasteiger partial charge in [0.15, 0.2) is 0 Å². The number of carbonyl (C=O) groups excluding carboxylic acids is 2. The van der Waals surface area contributed by atoms with Gasteiger partial charge in [0.05, 0.1) is 0 Å². The zero-order chi connectivity index (χ0) is 50.3. The van der Waals surface area contributed by atoms with Crippen molar-refractivity contribution in [3.63, 3.8) is 0 Å². The van der Waals surface area contributed by atoms with Gasteiger partial charge in [-0.05, 0) is 151 Å². The zero-order valence-corrected chi connectivity index (χ0v) is 45.3.